The molecular weight excluding hydrogens is 285 g/mol. The van der Waals surface area contributed by atoms with E-state index >= 15 is 0 Å². The molecule has 1 aromatic rings. The van der Waals surface area contributed by atoms with E-state index in [1.165, 1.54) is 0 Å². The predicted molar refractivity (Wildman–Crippen MR) is 83.3 cm³/mol. The maximum atomic E-state index is 12.8. The smallest absolute Gasteiger partial charge is 0.250 e. The zero-order valence-electron chi connectivity index (χ0n) is 12.4. The van der Waals surface area contributed by atoms with Crippen LogP contribution in [-0.2, 0) is 4.79 Å². The Balaban J connectivity index is 1.58. The number of pyridine rings is 1. The van der Waals surface area contributed by atoms with Crippen molar-refractivity contribution in [3.8, 4) is 0 Å². The normalized spacial score (nSPS) is 29.1. The third-order valence-corrected chi connectivity index (χ3v) is 4.04. The first-order chi connectivity index (χ1) is 10.7. The number of rotatable bonds is 5. The average molecular weight is 305 g/mol. The minimum Gasteiger partial charge on any atom is -0.367 e. The molecule has 1 aromatic heterocycles. The van der Waals surface area contributed by atoms with E-state index in [0.29, 0.717) is 25.0 Å². The monoisotopic (exact) mass is 305 g/mol. The van der Waals surface area contributed by atoms with E-state index in [4.69, 9.17) is 0 Å². The van der Waals surface area contributed by atoms with Gasteiger partial charge in [0, 0.05) is 18.8 Å². The second-order valence-corrected chi connectivity index (χ2v) is 5.64. The number of hydrogen-bond acceptors (Lipinski definition) is 5. The van der Waals surface area contributed by atoms with Gasteiger partial charge in [-0.25, -0.2) is 9.37 Å². The molecule has 1 unspecified atom stereocenters. The molecule has 1 aliphatic carbocycles. The molecule has 118 valence electrons. The summed E-state index contributed by atoms with van der Waals surface area (Å²) in [6.45, 7) is 0.598. The van der Waals surface area contributed by atoms with Crippen molar-refractivity contribution < 1.29 is 9.18 Å². The Labute approximate surface area is 128 Å². The lowest BCUT2D eigenvalue weighted by Gasteiger charge is -2.30. The van der Waals surface area contributed by atoms with Crippen LogP contribution < -0.4 is 21.3 Å². The lowest BCUT2D eigenvalue weighted by molar-refractivity contribution is -0.116. The summed E-state index contributed by atoms with van der Waals surface area (Å²) in [6.07, 6.45) is 3.81. The largest absolute Gasteiger partial charge is 0.367 e. The highest BCUT2D eigenvalue weighted by Gasteiger charge is 2.29. The third-order valence-electron chi connectivity index (χ3n) is 4.04. The Bertz CT molecular complexity index is 568. The molecule has 1 saturated carbocycles. The van der Waals surface area contributed by atoms with Crippen molar-refractivity contribution in [3.05, 3.63) is 30.1 Å². The van der Waals surface area contributed by atoms with Gasteiger partial charge in [0.15, 0.2) is 0 Å². The first-order valence-electron chi connectivity index (χ1n) is 7.44. The van der Waals surface area contributed by atoms with Crippen LogP contribution in [0.3, 0.4) is 0 Å². The van der Waals surface area contributed by atoms with Gasteiger partial charge >= 0.3 is 0 Å². The van der Waals surface area contributed by atoms with E-state index in [-0.39, 0.29) is 18.0 Å². The van der Waals surface area contributed by atoms with Crippen molar-refractivity contribution in [1.82, 2.24) is 15.6 Å². The summed E-state index contributed by atoms with van der Waals surface area (Å²) in [4.78, 5) is 16.0. The van der Waals surface area contributed by atoms with E-state index in [9.17, 15) is 9.18 Å². The van der Waals surface area contributed by atoms with Crippen LogP contribution in [0.2, 0.25) is 0 Å². The maximum Gasteiger partial charge on any atom is 0.250 e. The van der Waals surface area contributed by atoms with Crippen LogP contribution in [0.25, 0.3) is 0 Å². The van der Waals surface area contributed by atoms with Gasteiger partial charge in [-0.1, -0.05) is 0 Å². The van der Waals surface area contributed by atoms with Gasteiger partial charge in [-0.2, -0.15) is 0 Å². The summed E-state index contributed by atoms with van der Waals surface area (Å²) < 4.78 is 12.8. The molecule has 1 atom stereocenters. The molecule has 2 heterocycles. The van der Waals surface area contributed by atoms with Gasteiger partial charge in [0.2, 0.25) is 5.91 Å². The van der Waals surface area contributed by atoms with Crippen molar-refractivity contribution in [2.75, 3.05) is 24.2 Å². The van der Waals surface area contributed by atoms with E-state index in [1.807, 2.05) is 19.2 Å². The number of nitrogens with one attached hydrogen (secondary N) is 4. The molecule has 0 bridgehead atoms. The molecule has 3 rings (SSSR count). The molecule has 1 amide bonds. The van der Waals surface area contributed by atoms with Crippen molar-refractivity contribution in [2.24, 2.45) is 0 Å². The van der Waals surface area contributed by atoms with Gasteiger partial charge in [0.25, 0.3) is 0 Å². The van der Waals surface area contributed by atoms with Gasteiger partial charge in [-0.3, -0.25) is 4.79 Å². The van der Waals surface area contributed by atoms with Crippen LogP contribution in [-0.4, -0.2) is 42.7 Å². The second kappa shape index (κ2) is 6.31. The molecule has 2 aliphatic rings. The quantitative estimate of drug-likeness (QED) is 0.611. The van der Waals surface area contributed by atoms with E-state index < -0.39 is 6.17 Å². The Hall–Kier alpha value is -2.15. The number of nitrogens with zero attached hydrogens (tertiary/aromatic N) is 1. The number of carbonyl (C=O) groups is 1. The number of amides is 1. The Kier molecular flexibility index (Phi) is 4.24. The number of carbonyl (C=O) groups excluding carboxylic acids is 1. The summed E-state index contributed by atoms with van der Waals surface area (Å²) >= 11 is 0. The lowest BCUT2D eigenvalue weighted by atomic mass is 9.91. The molecule has 1 saturated heterocycles. The van der Waals surface area contributed by atoms with Gasteiger partial charge in [-0.15, -0.1) is 0 Å². The summed E-state index contributed by atoms with van der Waals surface area (Å²) in [6, 6.07) is 3.92. The highest BCUT2D eigenvalue weighted by molar-refractivity contribution is 5.97. The first kappa shape index (κ1) is 14.8. The van der Waals surface area contributed by atoms with Crippen LogP contribution in [0.1, 0.15) is 12.8 Å². The third kappa shape index (κ3) is 3.19. The highest BCUT2D eigenvalue weighted by Crippen LogP contribution is 2.26. The number of likely N-dealkylation sites (N-methyl/N-ethyl adjacent to an activating group) is 1. The van der Waals surface area contributed by atoms with Crippen molar-refractivity contribution in [1.29, 1.82) is 0 Å². The molecule has 22 heavy (non-hydrogen) atoms. The molecule has 0 aromatic carbocycles. The molecule has 7 heteroatoms. The number of hydrogen-bond donors (Lipinski definition) is 4. The van der Waals surface area contributed by atoms with E-state index in [0.717, 1.165) is 11.5 Å². The van der Waals surface area contributed by atoms with E-state index in [2.05, 4.69) is 26.3 Å². The Morgan fingerprint density at radius 2 is 2.23 bits per heavy atom. The van der Waals surface area contributed by atoms with E-state index in [1.54, 1.807) is 12.4 Å². The first-order valence-corrected chi connectivity index (χ1v) is 7.44. The van der Waals surface area contributed by atoms with Crippen LogP contribution in [0.15, 0.2) is 30.1 Å². The molecule has 4 N–H and O–H groups in total. The maximum absolute atomic E-state index is 12.8. The molecule has 1 aliphatic heterocycles. The van der Waals surface area contributed by atoms with Crippen LogP contribution in [0.4, 0.5) is 15.9 Å². The standard InChI is InChI=1S/C15H20FN5O/c1-17-13-8-20-15(22)12(13)7-18-10-2-3-14(19-6-10)21-11-4-9(16)5-11/h2-3,6-7,9,11,13,17-18H,4-5,8H2,1H3,(H,19,21)(H,20,22)/b12-7+. The molecule has 0 radical (unpaired) electrons. The minimum atomic E-state index is -0.678. The number of alkyl halides is 1. The van der Waals surface area contributed by atoms with Crippen molar-refractivity contribution in [3.63, 3.8) is 0 Å². The topological polar surface area (TPSA) is 78.1 Å². The fraction of sp³-hybridized carbons (Fsp3) is 0.467. The number of anilines is 2. The fourth-order valence-corrected chi connectivity index (χ4v) is 2.59. The Morgan fingerprint density at radius 1 is 1.41 bits per heavy atom. The lowest BCUT2D eigenvalue weighted by Crippen LogP contribution is -2.36. The summed E-state index contributed by atoms with van der Waals surface area (Å²) in [5.41, 5.74) is 1.47. The SMILES string of the molecule is CNC1CNC(=O)/C1=C/Nc1ccc(NC2CC(F)C2)nc1. The van der Waals surface area contributed by atoms with Crippen molar-refractivity contribution in [2.45, 2.75) is 31.1 Å². The van der Waals surface area contributed by atoms with Gasteiger partial charge < -0.3 is 21.3 Å². The van der Waals surface area contributed by atoms with Gasteiger partial charge in [-0.05, 0) is 32.0 Å². The second-order valence-electron chi connectivity index (χ2n) is 5.64. The minimum absolute atomic E-state index is 0.0150. The summed E-state index contributed by atoms with van der Waals surface area (Å²) in [7, 11) is 1.82. The molecule has 0 spiro atoms. The summed E-state index contributed by atoms with van der Waals surface area (Å²) in [5.74, 6) is 0.672. The zero-order valence-corrected chi connectivity index (χ0v) is 12.4. The van der Waals surface area contributed by atoms with Crippen LogP contribution in [0.5, 0.6) is 0 Å². The Morgan fingerprint density at radius 3 is 2.86 bits per heavy atom. The van der Waals surface area contributed by atoms with Gasteiger partial charge in [0.05, 0.1) is 23.5 Å². The molecule has 2 fully saturated rings. The molecule has 6 nitrogen and oxygen atoms in total. The number of halogens is 1. The average Bonchev–Trinajstić information content (AvgIpc) is 2.85. The zero-order chi connectivity index (χ0) is 15.5. The highest BCUT2D eigenvalue weighted by atomic mass is 19.1. The van der Waals surface area contributed by atoms with Crippen LogP contribution >= 0.6 is 0 Å². The van der Waals surface area contributed by atoms with Crippen molar-refractivity contribution >= 4 is 17.4 Å². The van der Waals surface area contributed by atoms with Gasteiger partial charge in [0.1, 0.15) is 12.0 Å². The molecular formula is C15H20FN5O. The fourth-order valence-electron chi connectivity index (χ4n) is 2.59. The number of aromatic nitrogens is 1. The summed E-state index contributed by atoms with van der Waals surface area (Å²) in [5, 5.41) is 12.1. The predicted octanol–water partition coefficient (Wildman–Crippen LogP) is 1.01. The van der Waals surface area contributed by atoms with Crippen LogP contribution in [0, 0.1) is 0 Å².